The number of nitrogens with one attached hydrogen (secondary N) is 1. The van der Waals surface area contributed by atoms with Crippen LogP contribution in [0.3, 0.4) is 0 Å². The smallest absolute Gasteiger partial charge is 0.227 e. The molecular weight excluding hydrogens is 290 g/mol. The summed E-state index contributed by atoms with van der Waals surface area (Å²) in [7, 11) is 2.17. The maximum Gasteiger partial charge on any atom is 0.227 e. The fourth-order valence-electron chi connectivity index (χ4n) is 2.95. The van der Waals surface area contributed by atoms with Crippen molar-refractivity contribution in [1.29, 1.82) is 0 Å². The van der Waals surface area contributed by atoms with Gasteiger partial charge in [0.2, 0.25) is 5.95 Å². The molecule has 1 aromatic carbocycles. The average Bonchev–Trinajstić information content (AvgIpc) is 3.04. The monoisotopic (exact) mass is 311 g/mol. The standard InChI is InChI=1S/C17H21N5O/c1-21-6-8-22(9-7-21)15-4-2-14(3-5-15)19-17-18-10-13-11-23-12-16(13)20-17/h2-5,10H,6-9,11-12H2,1H3,(H,18,19,20). The van der Waals surface area contributed by atoms with Crippen molar-refractivity contribution < 1.29 is 4.74 Å². The Morgan fingerprint density at radius 1 is 1.04 bits per heavy atom. The summed E-state index contributed by atoms with van der Waals surface area (Å²) in [4.78, 5) is 13.6. The molecule has 0 atom stereocenters. The predicted molar refractivity (Wildman–Crippen MR) is 90.0 cm³/mol. The minimum atomic E-state index is 0.578. The van der Waals surface area contributed by atoms with Crippen LogP contribution in [0.2, 0.25) is 0 Å². The van der Waals surface area contributed by atoms with Crippen LogP contribution in [0.4, 0.5) is 17.3 Å². The second kappa shape index (κ2) is 6.14. The topological polar surface area (TPSA) is 53.5 Å². The van der Waals surface area contributed by atoms with Crippen molar-refractivity contribution in [2.75, 3.05) is 43.4 Å². The minimum Gasteiger partial charge on any atom is -0.370 e. The van der Waals surface area contributed by atoms with Crippen LogP contribution in [0.25, 0.3) is 0 Å². The number of hydrogen-bond donors (Lipinski definition) is 1. The van der Waals surface area contributed by atoms with Gasteiger partial charge in [0.05, 0.1) is 18.9 Å². The van der Waals surface area contributed by atoms with Gasteiger partial charge in [-0.3, -0.25) is 0 Å². The van der Waals surface area contributed by atoms with Gasteiger partial charge in [-0.2, -0.15) is 0 Å². The first-order valence-electron chi connectivity index (χ1n) is 8.01. The van der Waals surface area contributed by atoms with Crippen LogP contribution in [0, 0.1) is 0 Å². The van der Waals surface area contributed by atoms with Crippen molar-refractivity contribution >= 4 is 17.3 Å². The summed E-state index contributed by atoms with van der Waals surface area (Å²) in [6.45, 7) is 5.59. The number of rotatable bonds is 3. The highest BCUT2D eigenvalue weighted by Crippen LogP contribution is 2.22. The number of fused-ring (bicyclic) bond motifs is 1. The molecule has 3 heterocycles. The van der Waals surface area contributed by atoms with E-state index in [-0.39, 0.29) is 0 Å². The normalized spacial score (nSPS) is 18.0. The number of anilines is 3. The van der Waals surface area contributed by atoms with Crippen LogP contribution in [0.1, 0.15) is 11.3 Å². The SMILES string of the molecule is CN1CCN(c2ccc(Nc3ncc4c(n3)COC4)cc2)CC1. The lowest BCUT2D eigenvalue weighted by atomic mass is 10.2. The van der Waals surface area contributed by atoms with Crippen LogP contribution in [0.5, 0.6) is 0 Å². The molecule has 2 aliphatic rings. The zero-order valence-electron chi connectivity index (χ0n) is 13.3. The molecule has 6 heteroatoms. The number of benzene rings is 1. The minimum absolute atomic E-state index is 0.578. The lowest BCUT2D eigenvalue weighted by molar-refractivity contribution is 0.133. The summed E-state index contributed by atoms with van der Waals surface area (Å²) >= 11 is 0. The number of aromatic nitrogens is 2. The molecule has 1 saturated heterocycles. The summed E-state index contributed by atoms with van der Waals surface area (Å²) in [6.07, 6.45) is 1.84. The van der Waals surface area contributed by atoms with E-state index in [1.807, 2.05) is 6.20 Å². The zero-order chi connectivity index (χ0) is 15.6. The first-order chi connectivity index (χ1) is 11.3. The Kier molecular flexibility index (Phi) is 3.85. The van der Waals surface area contributed by atoms with Gasteiger partial charge in [-0.1, -0.05) is 0 Å². The predicted octanol–water partition coefficient (Wildman–Crippen LogP) is 2.00. The Bertz CT molecular complexity index is 680. The first-order valence-corrected chi connectivity index (χ1v) is 8.01. The molecule has 1 fully saturated rings. The van der Waals surface area contributed by atoms with E-state index < -0.39 is 0 Å². The van der Waals surface area contributed by atoms with Crippen molar-refractivity contribution in [1.82, 2.24) is 14.9 Å². The fourth-order valence-corrected chi connectivity index (χ4v) is 2.95. The van der Waals surface area contributed by atoms with Gasteiger partial charge in [-0.15, -0.1) is 0 Å². The molecule has 2 aromatic rings. The Balaban J connectivity index is 1.44. The van der Waals surface area contributed by atoms with E-state index in [2.05, 4.69) is 56.4 Å². The molecule has 0 saturated carbocycles. The van der Waals surface area contributed by atoms with Crippen LogP contribution >= 0.6 is 0 Å². The van der Waals surface area contributed by atoms with Gasteiger partial charge in [0.1, 0.15) is 0 Å². The lowest BCUT2D eigenvalue weighted by Crippen LogP contribution is -2.44. The summed E-state index contributed by atoms with van der Waals surface area (Å²) in [5, 5.41) is 3.27. The fraction of sp³-hybridized carbons (Fsp3) is 0.412. The first kappa shape index (κ1) is 14.4. The molecule has 2 aliphatic heterocycles. The Hall–Kier alpha value is -2.18. The number of likely N-dealkylation sites (N-methyl/N-ethyl adjacent to an activating group) is 1. The molecule has 0 spiro atoms. The van der Waals surface area contributed by atoms with Gasteiger partial charge in [-0.25, -0.2) is 9.97 Å². The van der Waals surface area contributed by atoms with E-state index in [1.165, 1.54) is 5.69 Å². The maximum atomic E-state index is 5.37. The lowest BCUT2D eigenvalue weighted by Gasteiger charge is -2.34. The van der Waals surface area contributed by atoms with Gasteiger partial charge in [0.25, 0.3) is 0 Å². The van der Waals surface area contributed by atoms with Crippen LogP contribution in [0.15, 0.2) is 30.5 Å². The summed E-state index contributed by atoms with van der Waals surface area (Å²) in [6, 6.07) is 8.48. The molecule has 0 aliphatic carbocycles. The molecule has 0 bridgehead atoms. The van der Waals surface area contributed by atoms with Crippen molar-refractivity contribution in [3.63, 3.8) is 0 Å². The van der Waals surface area contributed by atoms with E-state index in [0.29, 0.717) is 19.2 Å². The number of hydrogen-bond acceptors (Lipinski definition) is 6. The molecule has 1 aromatic heterocycles. The molecule has 4 rings (SSSR count). The van der Waals surface area contributed by atoms with Crippen LogP contribution in [-0.2, 0) is 18.0 Å². The number of piperazine rings is 1. The Morgan fingerprint density at radius 3 is 2.61 bits per heavy atom. The second-order valence-corrected chi connectivity index (χ2v) is 6.12. The highest BCUT2D eigenvalue weighted by atomic mass is 16.5. The Morgan fingerprint density at radius 2 is 1.83 bits per heavy atom. The molecule has 23 heavy (non-hydrogen) atoms. The van der Waals surface area contributed by atoms with E-state index in [1.54, 1.807) is 0 Å². The average molecular weight is 311 g/mol. The maximum absolute atomic E-state index is 5.37. The molecule has 1 N–H and O–H groups in total. The summed E-state index contributed by atoms with van der Waals surface area (Å²) in [5.41, 5.74) is 4.34. The second-order valence-electron chi connectivity index (χ2n) is 6.12. The van der Waals surface area contributed by atoms with E-state index in [9.17, 15) is 0 Å². The van der Waals surface area contributed by atoms with Gasteiger partial charge in [-0.05, 0) is 31.3 Å². The van der Waals surface area contributed by atoms with E-state index in [4.69, 9.17) is 4.74 Å². The molecule has 0 amide bonds. The van der Waals surface area contributed by atoms with Gasteiger partial charge >= 0.3 is 0 Å². The Labute approximate surface area is 136 Å². The number of nitrogens with zero attached hydrogens (tertiary/aromatic N) is 4. The summed E-state index contributed by atoms with van der Waals surface area (Å²) < 4.78 is 5.37. The van der Waals surface area contributed by atoms with Gasteiger partial charge in [0.15, 0.2) is 0 Å². The van der Waals surface area contributed by atoms with Crippen molar-refractivity contribution in [2.24, 2.45) is 0 Å². The van der Waals surface area contributed by atoms with Crippen molar-refractivity contribution in [3.05, 3.63) is 41.7 Å². The molecule has 0 unspecified atom stereocenters. The molecule has 120 valence electrons. The molecular formula is C17H21N5O. The highest BCUT2D eigenvalue weighted by Gasteiger charge is 2.15. The third-order valence-corrected chi connectivity index (χ3v) is 4.44. The van der Waals surface area contributed by atoms with Crippen LogP contribution in [-0.4, -0.2) is 48.1 Å². The quantitative estimate of drug-likeness (QED) is 0.936. The zero-order valence-corrected chi connectivity index (χ0v) is 13.3. The highest BCUT2D eigenvalue weighted by molar-refractivity contribution is 5.59. The van der Waals surface area contributed by atoms with Crippen molar-refractivity contribution in [2.45, 2.75) is 13.2 Å². The number of ether oxygens (including phenoxy) is 1. The van der Waals surface area contributed by atoms with Crippen LogP contribution < -0.4 is 10.2 Å². The summed E-state index contributed by atoms with van der Waals surface area (Å²) in [5.74, 6) is 0.626. The van der Waals surface area contributed by atoms with Gasteiger partial charge < -0.3 is 19.9 Å². The third-order valence-electron chi connectivity index (χ3n) is 4.44. The van der Waals surface area contributed by atoms with Crippen molar-refractivity contribution in [3.8, 4) is 0 Å². The molecule has 0 radical (unpaired) electrons. The third kappa shape index (κ3) is 3.13. The largest absolute Gasteiger partial charge is 0.370 e. The van der Waals surface area contributed by atoms with E-state index in [0.717, 1.165) is 43.1 Å². The van der Waals surface area contributed by atoms with E-state index >= 15 is 0 Å². The van der Waals surface area contributed by atoms with Gasteiger partial charge in [0, 0.05) is 49.3 Å². The molecule has 6 nitrogen and oxygen atoms in total.